The summed E-state index contributed by atoms with van der Waals surface area (Å²) in [7, 11) is 0. The molecule has 3 amide bonds. The Morgan fingerprint density at radius 2 is 1.79 bits per heavy atom. The Hall–Kier alpha value is -5.57. The number of nitrogens with zero attached hydrogens (tertiary/aromatic N) is 6. The number of anilines is 1. The van der Waals surface area contributed by atoms with Crippen LogP contribution in [-0.4, -0.2) is 79.1 Å². The highest BCUT2D eigenvalue weighted by atomic mass is 19.1. The number of ether oxygens (including phenoxy) is 1. The third kappa shape index (κ3) is 7.24. The molecule has 2 saturated carbocycles. The number of hydrogen-bond acceptors (Lipinski definition) is 9. The molecule has 0 spiro atoms. The van der Waals surface area contributed by atoms with E-state index in [2.05, 4.69) is 15.2 Å². The van der Waals surface area contributed by atoms with E-state index in [0.29, 0.717) is 52.7 Å². The number of likely N-dealkylation sites (tertiary alicyclic amines) is 1. The van der Waals surface area contributed by atoms with Crippen molar-refractivity contribution in [3.05, 3.63) is 93.2 Å². The summed E-state index contributed by atoms with van der Waals surface area (Å²) in [5.74, 6) is -0.633. The molecule has 0 radical (unpaired) electrons. The van der Waals surface area contributed by atoms with E-state index >= 15 is 0 Å². The summed E-state index contributed by atoms with van der Waals surface area (Å²) in [6.45, 7) is 6.58. The van der Waals surface area contributed by atoms with Gasteiger partial charge in [-0.3, -0.25) is 29.1 Å². The smallest absolute Gasteiger partial charge is 0.420 e. The summed E-state index contributed by atoms with van der Waals surface area (Å²) in [6.07, 6.45) is 11.3. The van der Waals surface area contributed by atoms with Crippen LogP contribution in [0.4, 0.5) is 10.1 Å². The van der Waals surface area contributed by atoms with Gasteiger partial charge in [-0.05, 0) is 114 Å². The Labute approximate surface area is 333 Å². The van der Waals surface area contributed by atoms with Crippen molar-refractivity contribution in [1.29, 1.82) is 0 Å². The molecule has 3 atom stereocenters. The van der Waals surface area contributed by atoms with E-state index < -0.39 is 29.9 Å². The fourth-order valence-corrected chi connectivity index (χ4v) is 9.37. The van der Waals surface area contributed by atoms with Crippen molar-refractivity contribution >= 4 is 40.2 Å². The molecule has 1 unspecified atom stereocenters. The van der Waals surface area contributed by atoms with E-state index in [0.717, 1.165) is 50.9 Å². The van der Waals surface area contributed by atoms with Gasteiger partial charge in [-0.25, -0.2) is 14.2 Å². The lowest BCUT2D eigenvalue weighted by Crippen LogP contribution is -2.47. The minimum absolute atomic E-state index is 0.171. The Kier molecular flexibility index (Phi) is 10.0. The number of imide groups is 1. The number of halogens is 1. The van der Waals surface area contributed by atoms with Crippen LogP contribution in [0.2, 0.25) is 0 Å². The first kappa shape index (κ1) is 38.0. The minimum atomic E-state index is -1.07. The molecule has 4 aromatic heterocycles. The average Bonchev–Trinajstić information content (AvgIpc) is 3.58. The van der Waals surface area contributed by atoms with Crippen LogP contribution >= 0.6 is 0 Å². The molecule has 2 saturated heterocycles. The van der Waals surface area contributed by atoms with Gasteiger partial charge < -0.3 is 27.9 Å². The summed E-state index contributed by atoms with van der Waals surface area (Å²) < 4.78 is 30.5. The number of benzene rings is 1. The molecule has 15 heteroatoms. The molecule has 58 heavy (non-hydrogen) atoms. The average molecular weight is 794 g/mol. The second-order valence-corrected chi connectivity index (χ2v) is 16.7. The van der Waals surface area contributed by atoms with Crippen LogP contribution in [0, 0.1) is 5.92 Å². The van der Waals surface area contributed by atoms with Crippen LogP contribution in [0.3, 0.4) is 0 Å². The van der Waals surface area contributed by atoms with Crippen LogP contribution in [0.5, 0.6) is 5.75 Å². The molecular weight excluding hydrogens is 746 g/mol. The van der Waals surface area contributed by atoms with Crippen molar-refractivity contribution in [3.8, 4) is 5.75 Å². The van der Waals surface area contributed by atoms with Crippen LogP contribution < -0.4 is 26.3 Å². The van der Waals surface area contributed by atoms with Crippen LogP contribution in [0.1, 0.15) is 106 Å². The molecule has 2 aliphatic carbocycles. The largest absolute Gasteiger partial charge is 0.490 e. The predicted molar refractivity (Wildman–Crippen MR) is 213 cm³/mol. The third-order valence-corrected chi connectivity index (χ3v) is 12.5. The SMILES string of the molecule is CC(C)Oc1cc2nccn2cc1C(=O)N(c1cccn([C@H]2C[C@H]2F)c1=O)C1CCC(CN2CCC(c3ccc4c(c3)oc(=O)n4C3CCC(=O)NC3=O)CC2)CC1. The number of piperidine rings is 2. The lowest BCUT2D eigenvalue weighted by atomic mass is 9.83. The Balaban J connectivity index is 0.878. The van der Waals surface area contributed by atoms with Gasteiger partial charge in [-0.15, -0.1) is 0 Å². The number of carbonyl (C=O) groups is 3. The van der Waals surface area contributed by atoms with E-state index in [1.54, 1.807) is 52.3 Å². The maximum atomic E-state index is 14.8. The molecule has 0 bridgehead atoms. The molecule has 1 N–H and O–H groups in total. The third-order valence-electron chi connectivity index (χ3n) is 12.5. The maximum absolute atomic E-state index is 14.8. The summed E-state index contributed by atoms with van der Waals surface area (Å²) in [5, 5.41) is 2.32. The zero-order chi connectivity index (χ0) is 40.2. The van der Waals surface area contributed by atoms with Gasteiger partial charge in [0.05, 0.1) is 23.2 Å². The van der Waals surface area contributed by atoms with Gasteiger partial charge in [0.25, 0.3) is 11.5 Å². The number of nitrogens with one attached hydrogen (secondary N) is 1. The van der Waals surface area contributed by atoms with Crippen LogP contribution in [0.15, 0.2) is 75.2 Å². The fourth-order valence-electron chi connectivity index (χ4n) is 9.37. The van der Waals surface area contributed by atoms with E-state index in [4.69, 9.17) is 9.15 Å². The maximum Gasteiger partial charge on any atom is 0.420 e. The molecule has 4 aliphatic rings. The van der Waals surface area contributed by atoms with Crippen molar-refractivity contribution in [2.75, 3.05) is 24.5 Å². The topological polar surface area (TPSA) is 153 Å². The van der Waals surface area contributed by atoms with Crippen molar-refractivity contribution < 1.29 is 27.9 Å². The van der Waals surface area contributed by atoms with Gasteiger partial charge in [-0.1, -0.05) is 6.07 Å². The number of aromatic nitrogens is 4. The highest BCUT2D eigenvalue weighted by molar-refractivity contribution is 6.08. The number of amides is 3. The van der Waals surface area contributed by atoms with Gasteiger partial charge >= 0.3 is 5.76 Å². The quantitative estimate of drug-likeness (QED) is 0.180. The Morgan fingerprint density at radius 3 is 2.52 bits per heavy atom. The number of fused-ring (bicyclic) bond motifs is 2. The summed E-state index contributed by atoms with van der Waals surface area (Å²) in [5.41, 5.74) is 2.95. The normalized spacial score (nSPS) is 24.4. The molecule has 304 valence electrons. The van der Waals surface area contributed by atoms with Crippen molar-refractivity contribution in [3.63, 3.8) is 0 Å². The van der Waals surface area contributed by atoms with Crippen molar-refractivity contribution in [1.82, 2.24) is 28.7 Å². The molecule has 2 aliphatic heterocycles. The highest BCUT2D eigenvalue weighted by Crippen LogP contribution is 2.39. The first-order valence-electron chi connectivity index (χ1n) is 20.6. The number of hydrogen-bond donors (Lipinski definition) is 1. The number of rotatable bonds is 10. The van der Waals surface area contributed by atoms with E-state index in [1.165, 1.54) is 9.13 Å². The number of carbonyl (C=O) groups excluding carboxylic acids is 3. The van der Waals surface area contributed by atoms with Gasteiger partial charge in [0, 0.05) is 56.3 Å². The Morgan fingerprint density at radius 1 is 1.02 bits per heavy atom. The molecule has 5 aromatic rings. The lowest BCUT2D eigenvalue weighted by Gasteiger charge is -2.39. The van der Waals surface area contributed by atoms with E-state index in [1.807, 2.05) is 32.0 Å². The predicted octanol–water partition coefficient (Wildman–Crippen LogP) is 5.54. The standard InChI is InChI=1S/C43H48FN7O7/c1-25(2)57-36-22-38-45-15-19-48(38)24-30(36)41(54)50(34-4-3-16-49(42(34)55)35-21-31(35)44)29-8-5-26(6-9-29)23-47-17-13-27(14-18-47)28-7-10-32-37(20-28)58-43(56)51(32)33-11-12-39(52)46-40(33)53/h3-4,7,10,15-16,19-20,22,24-27,29,31,33,35H,5-6,8-9,11-14,17-18,21,23H2,1-2H3,(H,46,52,53)/t26?,29?,31-,33?,35+/m1/s1. The first-order chi connectivity index (χ1) is 28.0. The summed E-state index contributed by atoms with van der Waals surface area (Å²) in [4.78, 5) is 74.3. The number of imidazole rings is 1. The van der Waals surface area contributed by atoms with Crippen LogP contribution in [-0.2, 0) is 9.59 Å². The molecule has 4 fully saturated rings. The minimum Gasteiger partial charge on any atom is -0.490 e. The molecular formula is C43H48FN7O7. The summed E-state index contributed by atoms with van der Waals surface area (Å²) in [6, 6.07) is 9.42. The highest BCUT2D eigenvalue weighted by Gasteiger charge is 2.41. The molecule has 9 rings (SSSR count). The second kappa shape index (κ2) is 15.3. The van der Waals surface area contributed by atoms with E-state index in [-0.39, 0.29) is 54.5 Å². The zero-order valence-corrected chi connectivity index (χ0v) is 32.7. The first-order valence-corrected chi connectivity index (χ1v) is 20.6. The number of pyridine rings is 2. The Bertz CT molecular complexity index is 2510. The monoisotopic (exact) mass is 793 g/mol. The summed E-state index contributed by atoms with van der Waals surface area (Å²) >= 11 is 0. The van der Waals surface area contributed by atoms with Gasteiger partial charge in [0.2, 0.25) is 11.8 Å². The number of oxazole rings is 1. The molecule has 1 aromatic carbocycles. The zero-order valence-electron chi connectivity index (χ0n) is 32.7. The van der Waals surface area contributed by atoms with Crippen molar-refractivity contribution in [2.45, 2.75) is 108 Å². The molecule has 14 nitrogen and oxygen atoms in total. The van der Waals surface area contributed by atoms with Gasteiger partial charge in [-0.2, -0.15) is 0 Å². The van der Waals surface area contributed by atoms with Gasteiger partial charge in [0.1, 0.15) is 29.3 Å². The van der Waals surface area contributed by atoms with Crippen molar-refractivity contribution in [2.24, 2.45) is 5.92 Å². The second-order valence-electron chi connectivity index (χ2n) is 16.7. The van der Waals surface area contributed by atoms with Gasteiger partial charge in [0.15, 0.2) is 5.58 Å². The van der Waals surface area contributed by atoms with E-state index in [9.17, 15) is 28.4 Å². The fraction of sp³-hybridized carbons (Fsp3) is 0.488. The van der Waals surface area contributed by atoms with Crippen LogP contribution in [0.25, 0.3) is 16.7 Å². The number of alkyl halides is 1. The molecule has 6 heterocycles. The lowest BCUT2D eigenvalue weighted by molar-refractivity contribution is -0.135.